The maximum atomic E-state index is 10.7. The van der Waals surface area contributed by atoms with Gasteiger partial charge in [-0.1, -0.05) is 5.16 Å². The first-order chi connectivity index (χ1) is 9.19. The fourth-order valence-corrected chi connectivity index (χ4v) is 1.75. The maximum absolute atomic E-state index is 10.7. The molecule has 0 unspecified atom stereocenters. The van der Waals surface area contributed by atoms with Gasteiger partial charge in [0.15, 0.2) is 5.75 Å². The zero-order valence-electron chi connectivity index (χ0n) is 10.2. The minimum atomic E-state index is -0.896. The number of nitriles is 1. The number of hydrogen-bond acceptors (Lipinski definition) is 4. The van der Waals surface area contributed by atoms with E-state index in [1.807, 2.05) is 6.07 Å². The van der Waals surface area contributed by atoms with E-state index in [1.165, 1.54) is 4.90 Å². The number of piperidine rings is 1. The summed E-state index contributed by atoms with van der Waals surface area (Å²) in [7, 11) is 0. The first kappa shape index (κ1) is 16.5. The second-order valence-electron chi connectivity index (χ2n) is 4.15. The quantitative estimate of drug-likeness (QED) is 0.657. The molecule has 1 aromatic carbocycles. The van der Waals surface area contributed by atoms with Gasteiger partial charge in [-0.3, -0.25) is 0 Å². The molecule has 1 saturated heterocycles. The van der Waals surface area contributed by atoms with Gasteiger partial charge in [-0.2, -0.15) is 5.26 Å². The molecule has 1 amide bonds. The molecule has 0 atom stereocenters. The molecule has 0 bridgehead atoms. The number of carbonyl (C=O) groups is 1. The Bertz CT molecular complexity index is 527. The van der Waals surface area contributed by atoms with Crippen LogP contribution in [-0.2, 0) is 0 Å². The van der Waals surface area contributed by atoms with E-state index in [2.05, 4.69) is 5.16 Å². The fourth-order valence-electron chi connectivity index (χ4n) is 1.75. The van der Waals surface area contributed by atoms with Crippen LogP contribution in [0.25, 0.3) is 0 Å². The van der Waals surface area contributed by atoms with Crippen molar-refractivity contribution in [1.82, 2.24) is 4.90 Å². The first-order valence-electron chi connectivity index (χ1n) is 5.90. The van der Waals surface area contributed by atoms with E-state index >= 15 is 0 Å². The van der Waals surface area contributed by atoms with Gasteiger partial charge in [-0.25, -0.2) is 4.79 Å². The van der Waals surface area contributed by atoms with E-state index in [4.69, 9.17) is 15.2 Å². The Kier molecular flexibility index (Phi) is 6.52. The third-order valence-electron chi connectivity index (χ3n) is 2.87. The molecule has 20 heavy (non-hydrogen) atoms. The van der Waals surface area contributed by atoms with E-state index in [9.17, 15) is 4.79 Å². The number of benzene rings is 1. The van der Waals surface area contributed by atoms with Crippen LogP contribution in [0.1, 0.15) is 18.4 Å². The predicted octanol–water partition coefficient (Wildman–Crippen LogP) is 1.42. The van der Waals surface area contributed by atoms with Gasteiger partial charge < -0.3 is 14.8 Å². The Labute approximate surface area is 138 Å². The molecule has 2 rings (SSSR count). The van der Waals surface area contributed by atoms with Crippen LogP contribution in [0.2, 0.25) is 0 Å². The summed E-state index contributed by atoms with van der Waals surface area (Å²) in [6, 6.07) is 8.68. The number of carboxylic acid groups (broad SMARTS) is 1. The molecule has 1 N–H and O–H groups in total. The number of nitrogens with zero attached hydrogens (tertiary/aromatic N) is 3. The molecule has 1 aliphatic rings. The van der Waals surface area contributed by atoms with E-state index in [0.29, 0.717) is 37.2 Å². The Hall–Kier alpha value is -1.55. The SMILES string of the molecule is N#Cc1ccc(ON=C2CCN(C(=O)O)CC2)cc1.[NaH]. The first-order valence-corrected chi connectivity index (χ1v) is 5.90. The summed E-state index contributed by atoms with van der Waals surface area (Å²) in [5.41, 5.74) is 1.41. The summed E-state index contributed by atoms with van der Waals surface area (Å²) in [6.07, 6.45) is 0.276. The van der Waals surface area contributed by atoms with Gasteiger partial charge in [0.1, 0.15) is 0 Å². The molecule has 6 nitrogen and oxygen atoms in total. The molecule has 0 radical (unpaired) electrons. The predicted molar refractivity (Wildman–Crippen MR) is 75.2 cm³/mol. The van der Waals surface area contributed by atoms with E-state index in [-0.39, 0.29) is 29.6 Å². The molecule has 0 aliphatic carbocycles. The Morgan fingerprint density at radius 2 is 1.90 bits per heavy atom. The average molecular weight is 283 g/mol. The zero-order valence-corrected chi connectivity index (χ0v) is 10.2. The van der Waals surface area contributed by atoms with E-state index < -0.39 is 6.09 Å². The van der Waals surface area contributed by atoms with Crippen molar-refractivity contribution < 1.29 is 14.7 Å². The molecule has 0 spiro atoms. The van der Waals surface area contributed by atoms with Crippen molar-refractivity contribution >= 4 is 41.4 Å². The summed E-state index contributed by atoms with van der Waals surface area (Å²) >= 11 is 0. The van der Waals surface area contributed by atoms with Crippen LogP contribution in [0.15, 0.2) is 29.4 Å². The normalized spacial score (nSPS) is 13.9. The zero-order chi connectivity index (χ0) is 13.7. The molecule has 1 aromatic rings. The van der Waals surface area contributed by atoms with Crippen molar-refractivity contribution in [3.05, 3.63) is 29.8 Å². The van der Waals surface area contributed by atoms with Crippen molar-refractivity contribution in [2.24, 2.45) is 5.16 Å². The molecule has 1 heterocycles. The van der Waals surface area contributed by atoms with Crippen LogP contribution in [0.4, 0.5) is 4.79 Å². The van der Waals surface area contributed by atoms with Crippen molar-refractivity contribution in [3.8, 4) is 11.8 Å². The summed E-state index contributed by atoms with van der Waals surface area (Å²) in [5, 5.41) is 21.5. The minimum absolute atomic E-state index is 0. The summed E-state index contributed by atoms with van der Waals surface area (Å²) in [5.74, 6) is 0.562. The van der Waals surface area contributed by atoms with Crippen LogP contribution in [0.5, 0.6) is 5.75 Å². The van der Waals surface area contributed by atoms with E-state index in [0.717, 1.165) is 5.71 Å². The summed E-state index contributed by atoms with van der Waals surface area (Å²) in [4.78, 5) is 17.3. The third-order valence-corrected chi connectivity index (χ3v) is 2.87. The van der Waals surface area contributed by atoms with Crippen molar-refractivity contribution in [2.75, 3.05) is 13.1 Å². The van der Waals surface area contributed by atoms with Crippen molar-refractivity contribution in [2.45, 2.75) is 12.8 Å². The van der Waals surface area contributed by atoms with Crippen molar-refractivity contribution in [1.29, 1.82) is 5.26 Å². The van der Waals surface area contributed by atoms with Crippen LogP contribution >= 0.6 is 0 Å². The van der Waals surface area contributed by atoms with Crippen LogP contribution in [-0.4, -0.2) is 64.5 Å². The summed E-state index contributed by atoms with van der Waals surface area (Å²) in [6.45, 7) is 0.899. The Balaban J connectivity index is 0.00000200. The topological polar surface area (TPSA) is 85.9 Å². The monoisotopic (exact) mass is 283 g/mol. The second-order valence-corrected chi connectivity index (χ2v) is 4.15. The second kappa shape index (κ2) is 7.90. The average Bonchev–Trinajstić information content (AvgIpc) is 2.46. The van der Waals surface area contributed by atoms with Gasteiger partial charge in [-0.05, 0) is 24.3 Å². The van der Waals surface area contributed by atoms with Gasteiger partial charge in [0.25, 0.3) is 0 Å². The molecular formula is C13H14N3NaO3. The van der Waals surface area contributed by atoms with E-state index in [1.54, 1.807) is 24.3 Å². The molecule has 100 valence electrons. The van der Waals surface area contributed by atoms with Gasteiger partial charge in [0.05, 0.1) is 17.3 Å². The summed E-state index contributed by atoms with van der Waals surface area (Å²) < 4.78 is 0. The Morgan fingerprint density at radius 3 is 2.40 bits per heavy atom. The molecule has 1 aliphatic heterocycles. The molecule has 0 saturated carbocycles. The van der Waals surface area contributed by atoms with Crippen LogP contribution in [0.3, 0.4) is 0 Å². The van der Waals surface area contributed by atoms with Crippen molar-refractivity contribution in [3.63, 3.8) is 0 Å². The van der Waals surface area contributed by atoms with Crippen LogP contribution < -0.4 is 4.84 Å². The molecule has 0 aromatic heterocycles. The Morgan fingerprint density at radius 1 is 1.30 bits per heavy atom. The molecular weight excluding hydrogens is 269 g/mol. The van der Waals surface area contributed by atoms with Crippen LogP contribution in [0, 0.1) is 11.3 Å². The number of oxime groups is 1. The number of hydrogen-bond donors (Lipinski definition) is 1. The number of rotatable bonds is 2. The molecule has 7 heteroatoms. The number of amides is 1. The number of likely N-dealkylation sites (tertiary alicyclic amines) is 1. The third kappa shape index (κ3) is 4.53. The van der Waals surface area contributed by atoms with Gasteiger partial charge in [-0.15, -0.1) is 0 Å². The molecule has 1 fully saturated rings. The van der Waals surface area contributed by atoms with Gasteiger partial charge in [0, 0.05) is 25.9 Å². The fraction of sp³-hybridized carbons (Fsp3) is 0.308. The van der Waals surface area contributed by atoms with Gasteiger partial charge >= 0.3 is 35.7 Å². The van der Waals surface area contributed by atoms with Gasteiger partial charge in [0.2, 0.25) is 0 Å². The standard InChI is InChI=1S/C13H13N3O3.Na.H/c14-9-10-1-3-12(4-2-10)19-15-11-5-7-16(8-6-11)13(17)18;;/h1-4H,5-8H2,(H,17,18);;.